The highest BCUT2D eigenvalue weighted by atomic mass is 32.2. The molecule has 6 heteroatoms. The first kappa shape index (κ1) is 13.2. The van der Waals surface area contributed by atoms with E-state index in [1.165, 1.54) is 0 Å². The normalized spacial score (nSPS) is 19.4. The zero-order valence-electron chi connectivity index (χ0n) is 10.8. The van der Waals surface area contributed by atoms with Gasteiger partial charge in [0.05, 0.1) is 28.2 Å². The first-order chi connectivity index (χ1) is 8.52. The van der Waals surface area contributed by atoms with Crippen molar-refractivity contribution in [3.05, 3.63) is 18.2 Å². The van der Waals surface area contributed by atoms with Crippen LogP contribution in [0.1, 0.15) is 0 Å². The van der Waals surface area contributed by atoms with Crippen molar-refractivity contribution >= 4 is 21.1 Å². The van der Waals surface area contributed by atoms with Crippen LogP contribution in [0.5, 0.6) is 5.75 Å². The van der Waals surface area contributed by atoms with E-state index in [1.54, 1.807) is 25.3 Å². The van der Waals surface area contributed by atoms with E-state index in [2.05, 4.69) is 9.26 Å². The van der Waals surface area contributed by atoms with Crippen LogP contribution in [0.3, 0.4) is 0 Å². The second-order valence-corrected chi connectivity index (χ2v) is 7.05. The molecular formula is C12H19N3O2S. The van der Waals surface area contributed by atoms with Gasteiger partial charge in [0.15, 0.2) is 0 Å². The number of rotatable bonds is 2. The Balaban J connectivity index is 2.30. The number of methoxy groups -OCH3 is 1. The van der Waals surface area contributed by atoms with Gasteiger partial charge in [-0.15, -0.1) is 0 Å². The highest BCUT2D eigenvalue weighted by Gasteiger charge is 2.18. The number of hydrogen-bond donors (Lipinski definition) is 1. The molecule has 1 aromatic rings. The average molecular weight is 269 g/mol. The first-order valence-corrected chi connectivity index (χ1v) is 7.72. The molecule has 2 rings (SSSR count). The number of nitrogens with zero attached hydrogens (tertiary/aromatic N) is 2. The average Bonchev–Trinajstić information content (AvgIpc) is 2.36. The number of ether oxygens (including phenoxy) is 1. The third kappa shape index (κ3) is 2.94. The van der Waals surface area contributed by atoms with Crippen molar-refractivity contribution in [1.82, 2.24) is 4.90 Å². The highest BCUT2D eigenvalue weighted by molar-refractivity contribution is 7.93. The van der Waals surface area contributed by atoms with Gasteiger partial charge in [0, 0.05) is 30.7 Å². The Bertz CT molecular complexity index is 536. The van der Waals surface area contributed by atoms with Crippen LogP contribution >= 0.6 is 0 Å². The molecule has 0 aromatic heterocycles. The van der Waals surface area contributed by atoms with E-state index in [9.17, 15) is 4.21 Å². The minimum absolute atomic E-state index is 0.565. The SMILES string of the molecule is COc1cc(N=S2(=O)CCN(C)CC2)ccc1N. The van der Waals surface area contributed by atoms with E-state index in [0.29, 0.717) is 28.6 Å². The summed E-state index contributed by atoms with van der Waals surface area (Å²) in [6.07, 6.45) is 0. The second kappa shape index (κ2) is 5.16. The summed E-state index contributed by atoms with van der Waals surface area (Å²) in [7, 11) is 1.47. The summed E-state index contributed by atoms with van der Waals surface area (Å²) in [6, 6.07) is 5.25. The first-order valence-electron chi connectivity index (χ1n) is 5.87. The quantitative estimate of drug-likeness (QED) is 0.822. The van der Waals surface area contributed by atoms with Crippen molar-refractivity contribution in [1.29, 1.82) is 0 Å². The maximum atomic E-state index is 12.5. The summed E-state index contributed by atoms with van der Waals surface area (Å²) >= 11 is 0. The standard InChI is InChI=1S/C12H19N3O2S/c1-15-5-7-18(16,8-6-15)14-10-3-4-11(13)12(9-10)17-2/h3-4,9H,5-8,13H2,1-2H3. The summed E-state index contributed by atoms with van der Waals surface area (Å²) in [5.41, 5.74) is 6.98. The van der Waals surface area contributed by atoms with Crippen LogP contribution in [-0.4, -0.2) is 47.9 Å². The lowest BCUT2D eigenvalue weighted by atomic mass is 10.3. The molecule has 1 aliphatic rings. The molecule has 1 fully saturated rings. The molecule has 0 spiro atoms. The van der Waals surface area contributed by atoms with E-state index in [4.69, 9.17) is 10.5 Å². The highest BCUT2D eigenvalue weighted by Crippen LogP contribution is 2.28. The van der Waals surface area contributed by atoms with E-state index >= 15 is 0 Å². The molecular weight excluding hydrogens is 250 g/mol. The molecule has 1 heterocycles. The van der Waals surface area contributed by atoms with Gasteiger partial charge in [0.1, 0.15) is 5.75 Å². The van der Waals surface area contributed by atoms with E-state index in [-0.39, 0.29) is 0 Å². The second-order valence-electron chi connectivity index (χ2n) is 4.50. The van der Waals surface area contributed by atoms with Gasteiger partial charge >= 0.3 is 0 Å². The third-order valence-corrected chi connectivity index (χ3v) is 5.26. The Kier molecular flexibility index (Phi) is 3.77. The van der Waals surface area contributed by atoms with Crippen LogP contribution in [0.15, 0.2) is 22.6 Å². The van der Waals surface area contributed by atoms with Crippen molar-refractivity contribution in [3.63, 3.8) is 0 Å². The summed E-state index contributed by atoms with van der Waals surface area (Å²) < 4.78 is 22.1. The van der Waals surface area contributed by atoms with Crippen LogP contribution in [0, 0.1) is 0 Å². The lowest BCUT2D eigenvalue weighted by molar-refractivity contribution is 0.366. The predicted octanol–water partition coefficient (Wildman–Crippen LogP) is 1.32. The Morgan fingerprint density at radius 1 is 1.39 bits per heavy atom. The lowest BCUT2D eigenvalue weighted by Gasteiger charge is -2.24. The largest absolute Gasteiger partial charge is 0.495 e. The Morgan fingerprint density at radius 2 is 2.06 bits per heavy atom. The molecule has 2 N–H and O–H groups in total. The molecule has 1 aliphatic heterocycles. The van der Waals surface area contributed by atoms with E-state index in [1.807, 2.05) is 7.05 Å². The topological polar surface area (TPSA) is 67.9 Å². The number of nitrogen functional groups attached to an aromatic ring is 1. The molecule has 0 aliphatic carbocycles. The van der Waals surface area contributed by atoms with Crippen LogP contribution in [-0.2, 0) is 9.73 Å². The molecule has 5 nitrogen and oxygen atoms in total. The monoisotopic (exact) mass is 269 g/mol. The maximum absolute atomic E-state index is 12.5. The number of anilines is 1. The molecule has 0 amide bonds. The fourth-order valence-corrected chi connectivity index (χ4v) is 3.93. The van der Waals surface area contributed by atoms with Gasteiger partial charge in [-0.3, -0.25) is 0 Å². The van der Waals surface area contributed by atoms with Crippen LogP contribution in [0.25, 0.3) is 0 Å². The van der Waals surface area contributed by atoms with Gasteiger partial charge in [-0.2, -0.15) is 4.36 Å². The van der Waals surface area contributed by atoms with Crippen molar-refractivity contribution in [3.8, 4) is 5.75 Å². The zero-order chi connectivity index (χ0) is 13.2. The number of nitrogens with two attached hydrogens (primary N) is 1. The lowest BCUT2D eigenvalue weighted by Crippen LogP contribution is -2.37. The van der Waals surface area contributed by atoms with Gasteiger partial charge in [-0.1, -0.05) is 0 Å². The van der Waals surface area contributed by atoms with Crippen molar-refractivity contribution in [2.75, 3.05) is 44.5 Å². The minimum atomic E-state index is -2.13. The van der Waals surface area contributed by atoms with Gasteiger partial charge in [0.25, 0.3) is 0 Å². The Labute approximate surface area is 108 Å². The molecule has 100 valence electrons. The van der Waals surface area contributed by atoms with Crippen molar-refractivity contribution in [2.24, 2.45) is 4.36 Å². The molecule has 0 radical (unpaired) electrons. The van der Waals surface area contributed by atoms with Crippen molar-refractivity contribution in [2.45, 2.75) is 0 Å². The van der Waals surface area contributed by atoms with Gasteiger partial charge in [-0.25, -0.2) is 4.21 Å². The van der Waals surface area contributed by atoms with Crippen LogP contribution < -0.4 is 10.5 Å². The molecule has 0 saturated carbocycles. The van der Waals surface area contributed by atoms with Gasteiger partial charge < -0.3 is 15.4 Å². The fourth-order valence-electron chi connectivity index (χ4n) is 1.85. The summed E-state index contributed by atoms with van der Waals surface area (Å²) in [5.74, 6) is 1.82. The van der Waals surface area contributed by atoms with Gasteiger partial charge in [-0.05, 0) is 19.2 Å². The third-order valence-electron chi connectivity index (χ3n) is 3.07. The molecule has 18 heavy (non-hydrogen) atoms. The fraction of sp³-hybridized carbons (Fsp3) is 0.500. The minimum Gasteiger partial charge on any atom is -0.495 e. The van der Waals surface area contributed by atoms with Crippen molar-refractivity contribution < 1.29 is 8.95 Å². The summed E-state index contributed by atoms with van der Waals surface area (Å²) in [6.45, 7) is 1.66. The molecule has 0 unspecified atom stereocenters. The van der Waals surface area contributed by atoms with E-state index in [0.717, 1.165) is 13.1 Å². The predicted molar refractivity (Wildman–Crippen MR) is 74.9 cm³/mol. The Morgan fingerprint density at radius 3 is 2.67 bits per heavy atom. The Hall–Kier alpha value is -1.27. The molecule has 0 atom stereocenters. The van der Waals surface area contributed by atoms with E-state index < -0.39 is 9.73 Å². The molecule has 1 aromatic carbocycles. The van der Waals surface area contributed by atoms with Crippen LogP contribution in [0.2, 0.25) is 0 Å². The smallest absolute Gasteiger partial charge is 0.143 e. The van der Waals surface area contributed by atoms with Crippen LogP contribution in [0.4, 0.5) is 11.4 Å². The summed E-state index contributed by atoms with van der Waals surface area (Å²) in [4.78, 5) is 2.17. The van der Waals surface area contributed by atoms with Gasteiger partial charge in [0.2, 0.25) is 0 Å². The summed E-state index contributed by atoms with van der Waals surface area (Å²) in [5, 5.41) is 0. The number of benzene rings is 1. The maximum Gasteiger partial charge on any atom is 0.143 e. The zero-order valence-corrected chi connectivity index (χ0v) is 11.6. The molecule has 1 saturated heterocycles. The number of hydrogen-bond acceptors (Lipinski definition) is 5. The molecule has 0 bridgehead atoms.